The van der Waals surface area contributed by atoms with Crippen LogP contribution in [0.25, 0.3) is 10.4 Å². The van der Waals surface area contributed by atoms with E-state index in [1.54, 1.807) is 0 Å². The van der Waals surface area contributed by atoms with Gasteiger partial charge in [0.25, 0.3) is 0 Å². The van der Waals surface area contributed by atoms with Crippen molar-refractivity contribution in [2.75, 3.05) is 0 Å². The molecule has 0 atom stereocenters. The molecule has 0 spiro atoms. The lowest BCUT2D eigenvalue weighted by Gasteiger charge is -2.33. The SMILES string of the molecule is CC(C)(C)CC(C)(C)NCc1ccc(-c2ccccc2)s1. The zero-order valence-electron chi connectivity index (χ0n) is 13.9. The van der Waals surface area contributed by atoms with Crippen LogP contribution >= 0.6 is 11.3 Å². The molecule has 0 radical (unpaired) electrons. The Morgan fingerprint density at radius 3 is 2.19 bits per heavy atom. The number of nitrogens with one attached hydrogen (secondary N) is 1. The largest absolute Gasteiger partial charge is 0.307 e. The van der Waals surface area contributed by atoms with Crippen molar-refractivity contribution in [2.45, 2.75) is 53.1 Å². The van der Waals surface area contributed by atoms with Crippen LogP contribution in [-0.4, -0.2) is 5.54 Å². The second-order valence-electron chi connectivity index (χ2n) is 7.61. The summed E-state index contributed by atoms with van der Waals surface area (Å²) >= 11 is 1.88. The summed E-state index contributed by atoms with van der Waals surface area (Å²) in [7, 11) is 0. The Kier molecular flexibility index (Phi) is 4.90. The molecule has 2 rings (SSSR count). The van der Waals surface area contributed by atoms with Gasteiger partial charge in [-0.3, -0.25) is 0 Å². The Balaban J connectivity index is 1.97. The van der Waals surface area contributed by atoms with Gasteiger partial charge in [0.15, 0.2) is 0 Å². The van der Waals surface area contributed by atoms with Crippen LogP contribution in [0.2, 0.25) is 0 Å². The smallest absolute Gasteiger partial charge is 0.0346 e. The van der Waals surface area contributed by atoms with Crippen LogP contribution in [0.5, 0.6) is 0 Å². The van der Waals surface area contributed by atoms with Crippen LogP contribution in [0.4, 0.5) is 0 Å². The summed E-state index contributed by atoms with van der Waals surface area (Å²) in [5.74, 6) is 0. The van der Waals surface area contributed by atoms with Crippen molar-refractivity contribution in [3.8, 4) is 10.4 Å². The molecule has 0 aliphatic heterocycles. The van der Waals surface area contributed by atoms with E-state index in [-0.39, 0.29) is 5.54 Å². The number of hydrogen-bond acceptors (Lipinski definition) is 2. The minimum atomic E-state index is 0.162. The highest BCUT2D eigenvalue weighted by Gasteiger charge is 2.24. The molecule has 1 aromatic carbocycles. The molecule has 2 heteroatoms. The molecule has 2 aromatic rings. The van der Waals surface area contributed by atoms with Gasteiger partial charge in [-0.1, -0.05) is 51.1 Å². The molecule has 0 saturated carbocycles. The monoisotopic (exact) mass is 301 g/mol. The van der Waals surface area contributed by atoms with E-state index in [2.05, 4.69) is 82.4 Å². The zero-order chi connectivity index (χ0) is 15.5. The molecule has 114 valence electrons. The molecular weight excluding hydrogens is 274 g/mol. The fraction of sp³-hybridized carbons (Fsp3) is 0.474. The first-order chi connectivity index (χ1) is 9.75. The highest BCUT2D eigenvalue weighted by atomic mass is 32.1. The van der Waals surface area contributed by atoms with Gasteiger partial charge in [0.1, 0.15) is 0 Å². The van der Waals surface area contributed by atoms with Crippen LogP contribution in [-0.2, 0) is 6.54 Å². The third-order valence-corrected chi connectivity index (χ3v) is 4.57. The van der Waals surface area contributed by atoms with Crippen molar-refractivity contribution in [1.29, 1.82) is 0 Å². The van der Waals surface area contributed by atoms with E-state index in [0.717, 1.165) is 13.0 Å². The highest BCUT2D eigenvalue weighted by Crippen LogP contribution is 2.30. The fourth-order valence-electron chi connectivity index (χ4n) is 2.95. The van der Waals surface area contributed by atoms with Crippen LogP contribution in [0.1, 0.15) is 45.9 Å². The van der Waals surface area contributed by atoms with Crippen molar-refractivity contribution in [1.82, 2.24) is 5.32 Å². The first-order valence-corrected chi connectivity index (χ1v) is 8.46. The van der Waals surface area contributed by atoms with Gasteiger partial charge in [0, 0.05) is 21.8 Å². The van der Waals surface area contributed by atoms with Crippen molar-refractivity contribution in [3.63, 3.8) is 0 Å². The average molecular weight is 301 g/mol. The summed E-state index contributed by atoms with van der Waals surface area (Å²) < 4.78 is 0. The van der Waals surface area contributed by atoms with E-state index in [1.807, 2.05) is 11.3 Å². The summed E-state index contributed by atoms with van der Waals surface area (Å²) in [5.41, 5.74) is 1.82. The third kappa shape index (κ3) is 5.29. The first-order valence-electron chi connectivity index (χ1n) is 7.64. The predicted molar refractivity (Wildman–Crippen MR) is 94.7 cm³/mol. The Labute approximate surface area is 133 Å². The topological polar surface area (TPSA) is 12.0 Å². The summed E-state index contributed by atoms with van der Waals surface area (Å²) in [6.45, 7) is 12.4. The van der Waals surface area contributed by atoms with Crippen molar-refractivity contribution in [3.05, 3.63) is 47.3 Å². The predicted octanol–water partition coefficient (Wildman–Crippen LogP) is 5.72. The van der Waals surface area contributed by atoms with E-state index in [4.69, 9.17) is 0 Å². The molecule has 0 bridgehead atoms. The maximum atomic E-state index is 3.71. The standard InChI is InChI=1S/C19H27NS/c1-18(2,3)14-19(4,5)20-13-16-11-12-17(21-16)15-9-7-6-8-10-15/h6-12,20H,13-14H2,1-5H3. The van der Waals surface area contributed by atoms with E-state index in [0.29, 0.717) is 5.41 Å². The molecule has 21 heavy (non-hydrogen) atoms. The van der Waals surface area contributed by atoms with Crippen molar-refractivity contribution in [2.24, 2.45) is 5.41 Å². The number of benzene rings is 1. The van der Waals surface area contributed by atoms with Crippen molar-refractivity contribution < 1.29 is 0 Å². The summed E-state index contributed by atoms with van der Waals surface area (Å²) in [6.07, 6.45) is 1.16. The number of thiophene rings is 1. The van der Waals surface area contributed by atoms with Gasteiger partial charge in [0.2, 0.25) is 0 Å². The van der Waals surface area contributed by atoms with Crippen LogP contribution in [0.15, 0.2) is 42.5 Å². The van der Waals surface area contributed by atoms with E-state index < -0.39 is 0 Å². The zero-order valence-corrected chi connectivity index (χ0v) is 14.7. The first kappa shape index (κ1) is 16.3. The Morgan fingerprint density at radius 2 is 1.57 bits per heavy atom. The fourth-order valence-corrected chi connectivity index (χ4v) is 3.90. The lowest BCUT2D eigenvalue weighted by atomic mass is 9.82. The molecule has 0 aliphatic rings. The molecule has 1 heterocycles. The van der Waals surface area contributed by atoms with E-state index in [1.165, 1.54) is 15.3 Å². The van der Waals surface area contributed by atoms with Gasteiger partial charge in [-0.2, -0.15) is 0 Å². The summed E-state index contributed by atoms with van der Waals surface area (Å²) in [5, 5.41) is 3.71. The Morgan fingerprint density at radius 1 is 0.905 bits per heavy atom. The molecule has 0 saturated heterocycles. The van der Waals surface area contributed by atoms with Crippen molar-refractivity contribution >= 4 is 11.3 Å². The van der Waals surface area contributed by atoms with Gasteiger partial charge in [-0.15, -0.1) is 11.3 Å². The second-order valence-corrected chi connectivity index (χ2v) is 8.78. The molecule has 1 N–H and O–H groups in total. The van der Waals surface area contributed by atoms with Gasteiger partial charge in [-0.05, 0) is 43.4 Å². The van der Waals surface area contributed by atoms with Crippen LogP contribution in [0, 0.1) is 5.41 Å². The normalized spacial score (nSPS) is 12.6. The maximum absolute atomic E-state index is 3.71. The molecule has 0 aliphatic carbocycles. The molecular formula is C19H27NS. The lowest BCUT2D eigenvalue weighted by Crippen LogP contribution is -2.41. The third-order valence-electron chi connectivity index (χ3n) is 3.43. The van der Waals surface area contributed by atoms with E-state index >= 15 is 0 Å². The minimum absolute atomic E-state index is 0.162. The Hall–Kier alpha value is -1.12. The van der Waals surface area contributed by atoms with Gasteiger partial charge >= 0.3 is 0 Å². The number of hydrogen-bond donors (Lipinski definition) is 1. The summed E-state index contributed by atoms with van der Waals surface area (Å²) in [4.78, 5) is 2.75. The average Bonchev–Trinajstić information content (AvgIpc) is 2.84. The molecule has 0 unspecified atom stereocenters. The minimum Gasteiger partial charge on any atom is -0.307 e. The van der Waals surface area contributed by atoms with Crippen LogP contribution in [0.3, 0.4) is 0 Å². The van der Waals surface area contributed by atoms with E-state index in [9.17, 15) is 0 Å². The van der Waals surface area contributed by atoms with Crippen LogP contribution < -0.4 is 5.32 Å². The Bertz CT molecular complexity index is 561. The molecule has 0 fully saturated rings. The van der Waals surface area contributed by atoms with Gasteiger partial charge in [0.05, 0.1) is 0 Å². The molecule has 1 nitrogen and oxygen atoms in total. The maximum Gasteiger partial charge on any atom is 0.0346 e. The lowest BCUT2D eigenvalue weighted by molar-refractivity contribution is 0.241. The second kappa shape index (κ2) is 6.33. The number of rotatable bonds is 5. The summed E-state index contributed by atoms with van der Waals surface area (Å²) in [6, 6.07) is 15.1. The quantitative estimate of drug-likeness (QED) is 0.744. The molecule has 1 aromatic heterocycles. The van der Waals surface area contributed by atoms with Gasteiger partial charge in [-0.25, -0.2) is 0 Å². The highest BCUT2D eigenvalue weighted by molar-refractivity contribution is 7.15. The van der Waals surface area contributed by atoms with Gasteiger partial charge < -0.3 is 5.32 Å². The molecule has 0 amide bonds.